The van der Waals surface area contributed by atoms with E-state index in [9.17, 15) is 9.50 Å². The Balaban J connectivity index is 1.68. The lowest BCUT2D eigenvalue weighted by atomic mass is 9.92. The molecular formula is C19H26FN3O2. The van der Waals surface area contributed by atoms with Crippen LogP contribution in [-0.2, 0) is 24.2 Å². The fraction of sp³-hybridized carbons (Fsp3) is 0.526. The van der Waals surface area contributed by atoms with Crippen LogP contribution in [0, 0.1) is 5.82 Å². The summed E-state index contributed by atoms with van der Waals surface area (Å²) in [5.74, 6) is -0.253. The van der Waals surface area contributed by atoms with Crippen molar-refractivity contribution < 1.29 is 14.2 Å². The molecule has 3 rings (SSSR count). The van der Waals surface area contributed by atoms with Gasteiger partial charge in [-0.3, -0.25) is 9.58 Å². The van der Waals surface area contributed by atoms with Crippen LogP contribution in [0.3, 0.4) is 0 Å². The predicted molar refractivity (Wildman–Crippen MR) is 93.7 cm³/mol. The number of aryl methyl sites for hydroxylation is 1. The molecule has 0 radical (unpaired) electrons. The molecule has 1 fully saturated rings. The fourth-order valence-corrected chi connectivity index (χ4v) is 3.40. The Morgan fingerprint density at radius 3 is 2.96 bits per heavy atom. The van der Waals surface area contributed by atoms with Crippen molar-refractivity contribution in [1.82, 2.24) is 14.7 Å². The Labute approximate surface area is 148 Å². The SMILES string of the molecule is CCCn1cc(CN2CCO[C@](CO)(Cc3ccccc3F)C2)cn1. The number of benzene rings is 1. The van der Waals surface area contributed by atoms with Gasteiger partial charge in [0.1, 0.15) is 11.4 Å². The van der Waals surface area contributed by atoms with E-state index in [4.69, 9.17) is 4.74 Å². The van der Waals surface area contributed by atoms with E-state index in [0.717, 1.165) is 31.6 Å². The summed E-state index contributed by atoms with van der Waals surface area (Å²) in [6.07, 6.45) is 5.37. The zero-order valence-corrected chi connectivity index (χ0v) is 14.7. The average Bonchev–Trinajstić information content (AvgIpc) is 3.05. The van der Waals surface area contributed by atoms with E-state index >= 15 is 0 Å². The topological polar surface area (TPSA) is 50.5 Å². The summed E-state index contributed by atoms with van der Waals surface area (Å²) < 4.78 is 21.9. The number of aromatic nitrogens is 2. The maximum Gasteiger partial charge on any atom is 0.126 e. The van der Waals surface area contributed by atoms with Gasteiger partial charge in [-0.2, -0.15) is 5.10 Å². The monoisotopic (exact) mass is 347 g/mol. The molecule has 1 N–H and O–H groups in total. The van der Waals surface area contributed by atoms with Crippen LogP contribution in [0.2, 0.25) is 0 Å². The number of nitrogens with zero attached hydrogens (tertiary/aromatic N) is 3. The number of aliphatic hydroxyl groups is 1. The van der Waals surface area contributed by atoms with Crippen LogP contribution in [0.4, 0.5) is 4.39 Å². The minimum absolute atomic E-state index is 0.132. The Bertz CT molecular complexity index is 691. The van der Waals surface area contributed by atoms with Crippen molar-refractivity contribution in [2.75, 3.05) is 26.3 Å². The number of halogens is 1. The van der Waals surface area contributed by atoms with E-state index in [1.54, 1.807) is 12.1 Å². The second kappa shape index (κ2) is 8.08. The van der Waals surface area contributed by atoms with Gasteiger partial charge in [0.25, 0.3) is 0 Å². The molecule has 6 heteroatoms. The second-order valence-corrected chi connectivity index (χ2v) is 6.78. The summed E-state index contributed by atoms with van der Waals surface area (Å²) in [5.41, 5.74) is 0.960. The zero-order chi connectivity index (χ0) is 17.7. The molecule has 1 saturated heterocycles. The minimum Gasteiger partial charge on any atom is -0.393 e. The molecule has 5 nitrogen and oxygen atoms in total. The van der Waals surface area contributed by atoms with Crippen molar-refractivity contribution in [3.05, 3.63) is 53.6 Å². The average molecular weight is 347 g/mol. The molecular weight excluding hydrogens is 321 g/mol. The number of morpholine rings is 1. The maximum absolute atomic E-state index is 14.0. The molecule has 0 unspecified atom stereocenters. The molecule has 0 bridgehead atoms. The summed E-state index contributed by atoms with van der Waals surface area (Å²) in [6.45, 7) is 5.55. The first kappa shape index (κ1) is 18.0. The highest BCUT2D eigenvalue weighted by Crippen LogP contribution is 2.25. The summed E-state index contributed by atoms with van der Waals surface area (Å²) in [5, 5.41) is 14.3. The van der Waals surface area contributed by atoms with Crippen LogP contribution in [0.25, 0.3) is 0 Å². The molecule has 0 spiro atoms. The molecule has 0 saturated carbocycles. The molecule has 0 amide bonds. The van der Waals surface area contributed by atoms with E-state index < -0.39 is 5.60 Å². The van der Waals surface area contributed by atoms with Gasteiger partial charge in [0.2, 0.25) is 0 Å². The van der Waals surface area contributed by atoms with Gasteiger partial charge in [-0.05, 0) is 18.1 Å². The molecule has 1 aromatic heterocycles. The first-order valence-corrected chi connectivity index (χ1v) is 8.86. The molecule has 2 aromatic rings. The second-order valence-electron chi connectivity index (χ2n) is 6.78. The highest BCUT2D eigenvalue weighted by Gasteiger charge is 2.37. The van der Waals surface area contributed by atoms with Gasteiger partial charge >= 0.3 is 0 Å². The normalized spacial score (nSPS) is 21.6. The largest absolute Gasteiger partial charge is 0.393 e. The lowest BCUT2D eigenvalue weighted by Gasteiger charge is -2.42. The van der Waals surface area contributed by atoms with Gasteiger partial charge in [-0.15, -0.1) is 0 Å². The quantitative estimate of drug-likeness (QED) is 0.835. The maximum atomic E-state index is 14.0. The smallest absolute Gasteiger partial charge is 0.126 e. The van der Waals surface area contributed by atoms with Crippen molar-refractivity contribution in [2.24, 2.45) is 0 Å². The molecule has 25 heavy (non-hydrogen) atoms. The summed E-state index contributed by atoms with van der Waals surface area (Å²) in [7, 11) is 0. The standard InChI is InChI=1S/C19H26FN3O2/c1-2-7-23-13-16(11-21-23)12-22-8-9-25-19(14-22,15-24)10-17-5-3-4-6-18(17)20/h3-6,11,13,24H,2,7-10,12,14-15H2,1H3/t19-/m1/s1. The van der Waals surface area contributed by atoms with Gasteiger partial charge in [-0.1, -0.05) is 25.1 Å². The van der Waals surface area contributed by atoms with Gasteiger partial charge in [-0.25, -0.2) is 4.39 Å². The molecule has 1 atom stereocenters. The summed E-state index contributed by atoms with van der Waals surface area (Å²) in [6, 6.07) is 6.69. The molecule has 2 heterocycles. The van der Waals surface area contributed by atoms with E-state index in [1.807, 2.05) is 16.9 Å². The van der Waals surface area contributed by atoms with E-state index in [0.29, 0.717) is 25.1 Å². The summed E-state index contributed by atoms with van der Waals surface area (Å²) in [4.78, 5) is 2.24. The first-order valence-electron chi connectivity index (χ1n) is 8.86. The number of ether oxygens (including phenoxy) is 1. The number of hydrogen-bond donors (Lipinski definition) is 1. The predicted octanol–water partition coefficient (Wildman–Crippen LogP) is 2.24. The van der Waals surface area contributed by atoms with Crippen LogP contribution in [0.1, 0.15) is 24.5 Å². The number of aliphatic hydroxyl groups excluding tert-OH is 1. The van der Waals surface area contributed by atoms with Crippen LogP contribution < -0.4 is 0 Å². The van der Waals surface area contributed by atoms with E-state index in [2.05, 4.69) is 23.1 Å². The van der Waals surface area contributed by atoms with Gasteiger partial charge < -0.3 is 9.84 Å². The lowest BCUT2D eigenvalue weighted by molar-refractivity contribution is -0.134. The Morgan fingerprint density at radius 2 is 2.20 bits per heavy atom. The van der Waals surface area contributed by atoms with Crippen molar-refractivity contribution >= 4 is 0 Å². The van der Waals surface area contributed by atoms with Gasteiger partial charge in [0, 0.05) is 44.4 Å². The molecule has 1 aliphatic rings. The molecule has 136 valence electrons. The van der Waals surface area contributed by atoms with Crippen LogP contribution in [-0.4, -0.2) is 51.7 Å². The molecule has 0 aliphatic carbocycles. The first-order chi connectivity index (χ1) is 12.1. The number of hydrogen-bond acceptors (Lipinski definition) is 4. The third-order valence-electron chi connectivity index (χ3n) is 4.63. The molecule has 1 aromatic carbocycles. The van der Waals surface area contributed by atoms with Gasteiger partial charge in [0.05, 0.1) is 19.4 Å². The fourth-order valence-electron chi connectivity index (χ4n) is 3.40. The zero-order valence-electron chi connectivity index (χ0n) is 14.7. The van der Waals surface area contributed by atoms with Crippen molar-refractivity contribution in [3.8, 4) is 0 Å². The van der Waals surface area contributed by atoms with E-state index in [1.165, 1.54) is 6.07 Å². The highest BCUT2D eigenvalue weighted by molar-refractivity contribution is 5.20. The summed E-state index contributed by atoms with van der Waals surface area (Å²) >= 11 is 0. The Kier molecular flexibility index (Phi) is 5.83. The lowest BCUT2D eigenvalue weighted by Crippen LogP contribution is -2.55. The van der Waals surface area contributed by atoms with Crippen molar-refractivity contribution in [1.29, 1.82) is 0 Å². The van der Waals surface area contributed by atoms with Crippen molar-refractivity contribution in [2.45, 2.75) is 38.5 Å². The third kappa shape index (κ3) is 4.45. The minimum atomic E-state index is -0.764. The van der Waals surface area contributed by atoms with Crippen LogP contribution in [0.15, 0.2) is 36.7 Å². The third-order valence-corrected chi connectivity index (χ3v) is 4.63. The van der Waals surface area contributed by atoms with Crippen LogP contribution in [0.5, 0.6) is 0 Å². The van der Waals surface area contributed by atoms with E-state index in [-0.39, 0.29) is 12.4 Å². The Morgan fingerprint density at radius 1 is 1.36 bits per heavy atom. The van der Waals surface area contributed by atoms with Crippen LogP contribution >= 0.6 is 0 Å². The molecule has 1 aliphatic heterocycles. The van der Waals surface area contributed by atoms with Crippen molar-refractivity contribution in [3.63, 3.8) is 0 Å². The number of rotatable bonds is 7. The Hall–Kier alpha value is -1.76. The van der Waals surface area contributed by atoms with Gasteiger partial charge in [0.15, 0.2) is 0 Å². The highest BCUT2D eigenvalue weighted by atomic mass is 19.1.